The third-order valence-electron chi connectivity index (χ3n) is 2.48. The molecule has 6 nitrogen and oxygen atoms in total. The average Bonchev–Trinajstić information content (AvgIpc) is 2.85. The zero-order valence-electron chi connectivity index (χ0n) is 11.5. The molecule has 0 unspecified atom stereocenters. The molecule has 0 bridgehead atoms. The predicted octanol–water partition coefficient (Wildman–Crippen LogP) is 2.94. The number of nitrogens with zero attached hydrogens (tertiary/aromatic N) is 4. The second kappa shape index (κ2) is 5.98. The lowest BCUT2D eigenvalue weighted by Gasteiger charge is -2.10. The fraction of sp³-hybridized carbons (Fsp3) is 0.417. The minimum atomic E-state index is -4.57. The van der Waals surface area contributed by atoms with Gasteiger partial charge in [-0.1, -0.05) is 0 Å². The van der Waals surface area contributed by atoms with E-state index in [1.165, 1.54) is 6.20 Å². The number of rotatable bonds is 5. The number of nitrogens with one attached hydrogen (secondary N) is 1. The Hall–Kier alpha value is -2.32. The SMILES string of the molecule is CCNc1nc(Oc2cnn(CC)c2)cc(C(F)(F)F)n1. The molecule has 0 aromatic carbocycles. The molecule has 114 valence electrons. The van der Waals surface area contributed by atoms with E-state index < -0.39 is 11.9 Å². The zero-order valence-corrected chi connectivity index (χ0v) is 11.5. The maximum Gasteiger partial charge on any atom is 0.433 e. The molecule has 0 atom stereocenters. The third kappa shape index (κ3) is 3.83. The van der Waals surface area contributed by atoms with E-state index in [2.05, 4.69) is 20.4 Å². The Morgan fingerprint density at radius 3 is 2.62 bits per heavy atom. The highest BCUT2D eigenvalue weighted by atomic mass is 19.4. The molecule has 2 aromatic heterocycles. The van der Waals surface area contributed by atoms with Crippen LogP contribution in [0.2, 0.25) is 0 Å². The van der Waals surface area contributed by atoms with Gasteiger partial charge in [0.25, 0.3) is 0 Å². The van der Waals surface area contributed by atoms with Crippen molar-refractivity contribution in [2.24, 2.45) is 0 Å². The Bertz CT molecular complexity index is 611. The average molecular weight is 301 g/mol. The van der Waals surface area contributed by atoms with Crippen LogP contribution in [0.3, 0.4) is 0 Å². The predicted molar refractivity (Wildman–Crippen MR) is 69.2 cm³/mol. The lowest BCUT2D eigenvalue weighted by molar-refractivity contribution is -0.141. The molecule has 1 N–H and O–H groups in total. The summed E-state index contributed by atoms with van der Waals surface area (Å²) in [6.45, 7) is 4.64. The molecule has 0 radical (unpaired) electrons. The Morgan fingerprint density at radius 2 is 2.05 bits per heavy atom. The van der Waals surface area contributed by atoms with Crippen LogP contribution >= 0.6 is 0 Å². The first-order valence-corrected chi connectivity index (χ1v) is 6.32. The van der Waals surface area contributed by atoms with E-state index in [9.17, 15) is 13.2 Å². The van der Waals surface area contributed by atoms with E-state index in [0.717, 1.165) is 6.07 Å². The van der Waals surface area contributed by atoms with Gasteiger partial charge in [-0.2, -0.15) is 23.3 Å². The van der Waals surface area contributed by atoms with Gasteiger partial charge < -0.3 is 10.1 Å². The van der Waals surface area contributed by atoms with E-state index in [1.807, 2.05) is 6.92 Å². The topological polar surface area (TPSA) is 64.9 Å². The molecule has 0 aliphatic carbocycles. The van der Waals surface area contributed by atoms with Gasteiger partial charge in [0.2, 0.25) is 11.8 Å². The summed E-state index contributed by atoms with van der Waals surface area (Å²) in [5.74, 6) is -0.0136. The van der Waals surface area contributed by atoms with Crippen molar-refractivity contribution < 1.29 is 17.9 Å². The molecule has 0 aliphatic heterocycles. The third-order valence-corrected chi connectivity index (χ3v) is 2.48. The number of ether oxygens (including phenoxy) is 1. The zero-order chi connectivity index (χ0) is 15.5. The first kappa shape index (κ1) is 15.1. The molecular weight excluding hydrogens is 287 g/mol. The molecule has 2 aromatic rings. The van der Waals surface area contributed by atoms with E-state index in [-0.39, 0.29) is 11.8 Å². The summed E-state index contributed by atoms with van der Waals surface area (Å²) in [4.78, 5) is 7.29. The lowest BCUT2D eigenvalue weighted by atomic mass is 10.4. The van der Waals surface area contributed by atoms with Gasteiger partial charge in [0, 0.05) is 19.2 Å². The van der Waals surface area contributed by atoms with Crippen molar-refractivity contribution in [1.82, 2.24) is 19.7 Å². The molecule has 0 aliphatic rings. The number of hydrogen-bond donors (Lipinski definition) is 1. The van der Waals surface area contributed by atoms with Crippen LogP contribution in [0.25, 0.3) is 0 Å². The van der Waals surface area contributed by atoms with Gasteiger partial charge >= 0.3 is 6.18 Å². The summed E-state index contributed by atoms with van der Waals surface area (Å²) in [5.41, 5.74) is -1.06. The summed E-state index contributed by atoms with van der Waals surface area (Å²) in [5, 5.41) is 6.61. The fourth-order valence-electron chi connectivity index (χ4n) is 1.55. The van der Waals surface area contributed by atoms with Gasteiger partial charge in [-0.25, -0.2) is 4.98 Å². The van der Waals surface area contributed by atoms with Crippen LogP contribution < -0.4 is 10.1 Å². The second-order valence-electron chi connectivity index (χ2n) is 4.08. The van der Waals surface area contributed by atoms with Gasteiger partial charge in [-0.05, 0) is 13.8 Å². The van der Waals surface area contributed by atoms with Crippen molar-refractivity contribution in [2.45, 2.75) is 26.6 Å². The fourth-order valence-corrected chi connectivity index (χ4v) is 1.55. The smallest absolute Gasteiger partial charge is 0.433 e. The Kier molecular flexibility index (Phi) is 4.29. The summed E-state index contributed by atoms with van der Waals surface area (Å²) < 4.78 is 45.3. The van der Waals surface area contributed by atoms with Gasteiger partial charge in [-0.3, -0.25) is 4.68 Å². The van der Waals surface area contributed by atoms with Crippen LogP contribution in [0.1, 0.15) is 19.5 Å². The van der Waals surface area contributed by atoms with Gasteiger partial charge in [0.15, 0.2) is 11.4 Å². The standard InChI is InChI=1S/C12H14F3N5O/c1-3-16-11-18-9(12(13,14)15)5-10(19-11)21-8-6-17-20(4-2)7-8/h5-7H,3-4H2,1-2H3,(H,16,18,19). The maximum atomic E-state index is 12.8. The van der Waals surface area contributed by atoms with E-state index in [0.29, 0.717) is 18.8 Å². The number of halogens is 3. The first-order valence-electron chi connectivity index (χ1n) is 6.32. The largest absolute Gasteiger partial charge is 0.436 e. The highest BCUT2D eigenvalue weighted by molar-refractivity contribution is 5.33. The molecule has 0 saturated heterocycles. The normalized spacial score (nSPS) is 11.5. The van der Waals surface area contributed by atoms with Crippen LogP contribution in [0.15, 0.2) is 18.5 Å². The molecule has 0 spiro atoms. The monoisotopic (exact) mass is 301 g/mol. The number of hydrogen-bond acceptors (Lipinski definition) is 5. The summed E-state index contributed by atoms with van der Waals surface area (Å²) in [7, 11) is 0. The van der Waals surface area contributed by atoms with Crippen molar-refractivity contribution in [3.63, 3.8) is 0 Å². The van der Waals surface area contributed by atoms with Crippen molar-refractivity contribution in [1.29, 1.82) is 0 Å². The number of aromatic nitrogens is 4. The van der Waals surface area contributed by atoms with Gasteiger partial charge in [0.1, 0.15) is 0 Å². The van der Waals surface area contributed by atoms with E-state index in [4.69, 9.17) is 4.74 Å². The molecule has 2 heterocycles. The summed E-state index contributed by atoms with van der Waals surface area (Å²) in [6.07, 6.45) is -1.59. The second-order valence-corrected chi connectivity index (χ2v) is 4.08. The van der Waals surface area contributed by atoms with Crippen LogP contribution in [0.4, 0.5) is 19.1 Å². The van der Waals surface area contributed by atoms with Crippen molar-refractivity contribution >= 4 is 5.95 Å². The number of alkyl halides is 3. The number of anilines is 1. The van der Waals surface area contributed by atoms with Crippen LogP contribution in [0.5, 0.6) is 11.6 Å². The molecule has 21 heavy (non-hydrogen) atoms. The van der Waals surface area contributed by atoms with Crippen molar-refractivity contribution in [3.8, 4) is 11.6 Å². The Labute approximate surface area is 119 Å². The van der Waals surface area contributed by atoms with Gasteiger partial charge in [-0.15, -0.1) is 0 Å². The van der Waals surface area contributed by atoms with E-state index >= 15 is 0 Å². The lowest BCUT2D eigenvalue weighted by Crippen LogP contribution is -2.12. The van der Waals surface area contributed by atoms with Crippen LogP contribution in [0, 0.1) is 0 Å². The minimum Gasteiger partial charge on any atom is -0.436 e. The highest BCUT2D eigenvalue weighted by Crippen LogP contribution is 2.31. The molecule has 2 rings (SSSR count). The quantitative estimate of drug-likeness (QED) is 0.920. The van der Waals surface area contributed by atoms with Gasteiger partial charge in [0.05, 0.1) is 12.4 Å². The molecule has 0 saturated carbocycles. The molecule has 0 fully saturated rings. The first-order chi connectivity index (χ1) is 9.92. The maximum absolute atomic E-state index is 12.8. The van der Waals surface area contributed by atoms with E-state index in [1.54, 1.807) is 17.8 Å². The Morgan fingerprint density at radius 1 is 1.29 bits per heavy atom. The molecule has 0 amide bonds. The Balaban J connectivity index is 2.30. The molecular formula is C12H14F3N5O. The van der Waals surface area contributed by atoms with Crippen LogP contribution in [-0.2, 0) is 12.7 Å². The van der Waals surface area contributed by atoms with Crippen molar-refractivity contribution in [2.75, 3.05) is 11.9 Å². The summed E-state index contributed by atoms with van der Waals surface area (Å²) >= 11 is 0. The van der Waals surface area contributed by atoms with Crippen LogP contribution in [-0.4, -0.2) is 26.3 Å². The molecule has 9 heteroatoms. The van der Waals surface area contributed by atoms with Crippen molar-refractivity contribution in [3.05, 3.63) is 24.2 Å². The highest BCUT2D eigenvalue weighted by Gasteiger charge is 2.34. The summed E-state index contributed by atoms with van der Waals surface area (Å²) in [6, 6.07) is 0.754. The number of aryl methyl sites for hydroxylation is 1. The minimum absolute atomic E-state index is 0.134.